The van der Waals surface area contributed by atoms with Crippen LogP contribution < -0.4 is 14.7 Å². The molecule has 142 valence electrons. The number of carbonyl (C=O) groups is 1. The molecule has 4 rings (SSSR count). The second-order valence-corrected chi connectivity index (χ2v) is 7.17. The molecule has 0 spiro atoms. The fourth-order valence-corrected chi connectivity index (χ4v) is 3.73. The van der Waals surface area contributed by atoms with E-state index in [0.29, 0.717) is 29.2 Å². The van der Waals surface area contributed by atoms with Gasteiger partial charge in [0, 0.05) is 24.7 Å². The number of ether oxygens (including phenoxy) is 1. The van der Waals surface area contributed by atoms with Crippen molar-refractivity contribution < 1.29 is 24.0 Å². The number of carbonyl (C=O) groups excluding carboxylic acids is 1. The van der Waals surface area contributed by atoms with Gasteiger partial charge in [0.1, 0.15) is 23.8 Å². The number of piperazine rings is 1. The number of quaternary nitrogens is 1. The van der Waals surface area contributed by atoms with Gasteiger partial charge in [-0.3, -0.25) is 9.69 Å². The van der Waals surface area contributed by atoms with E-state index in [9.17, 15) is 9.90 Å². The summed E-state index contributed by atoms with van der Waals surface area (Å²) in [7, 11) is 0. The fourth-order valence-electron chi connectivity index (χ4n) is 3.73. The highest BCUT2D eigenvalue weighted by molar-refractivity contribution is 6.14. The number of aryl methyl sites for hydroxylation is 1. The first-order valence-electron chi connectivity index (χ1n) is 9.44. The van der Waals surface area contributed by atoms with Crippen molar-refractivity contribution >= 4 is 11.9 Å². The van der Waals surface area contributed by atoms with Crippen molar-refractivity contribution in [1.82, 2.24) is 4.90 Å². The van der Waals surface area contributed by atoms with E-state index in [2.05, 4.69) is 11.8 Å². The zero-order valence-electron chi connectivity index (χ0n) is 15.7. The van der Waals surface area contributed by atoms with Crippen LogP contribution in [0.15, 0.2) is 34.4 Å². The summed E-state index contributed by atoms with van der Waals surface area (Å²) in [5.74, 6) is 1.69. The van der Waals surface area contributed by atoms with E-state index in [4.69, 9.17) is 9.15 Å². The second kappa shape index (κ2) is 7.21. The second-order valence-electron chi connectivity index (χ2n) is 7.17. The Hall–Kier alpha value is -2.57. The van der Waals surface area contributed by atoms with Gasteiger partial charge in [-0.15, -0.1) is 0 Å². The van der Waals surface area contributed by atoms with Crippen molar-refractivity contribution in [1.29, 1.82) is 0 Å². The third-order valence-electron chi connectivity index (χ3n) is 5.37. The Morgan fingerprint density at radius 1 is 1.22 bits per heavy atom. The first-order valence-corrected chi connectivity index (χ1v) is 9.44. The van der Waals surface area contributed by atoms with Crippen LogP contribution in [0.25, 0.3) is 6.08 Å². The zero-order valence-corrected chi connectivity index (χ0v) is 15.7. The number of hydrogen-bond donors (Lipinski definition) is 1. The summed E-state index contributed by atoms with van der Waals surface area (Å²) >= 11 is 0. The van der Waals surface area contributed by atoms with Crippen LogP contribution in [0, 0.1) is 6.92 Å². The minimum absolute atomic E-state index is 0.0675. The number of ketones is 1. The van der Waals surface area contributed by atoms with Crippen molar-refractivity contribution in [2.45, 2.75) is 20.4 Å². The molecule has 1 aromatic heterocycles. The monoisotopic (exact) mass is 368 g/mol. The van der Waals surface area contributed by atoms with Crippen molar-refractivity contribution in [3.63, 3.8) is 0 Å². The van der Waals surface area contributed by atoms with E-state index in [1.165, 1.54) is 11.0 Å². The molecule has 6 nitrogen and oxygen atoms in total. The van der Waals surface area contributed by atoms with Crippen LogP contribution in [0.1, 0.15) is 34.4 Å². The summed E-state index contributed by atoms with van der Waals surface area (Å²) in [4.78, 5) is 16.4. The molecular formula is C21H24N2O4. The molecule has 6 heteroatoms. The molecule has 3 heterocycles. The van der Waals surface area contributed by atoms with Crippen molar-refractivity contribution in [3.8, 4) is 11.5 Å². The Morgan fingerprint density at radius 3 is 2.67 bits per heavy atom. The van der Waals surface area contributed by atoms with Gasteiger partial charge in [-0.25, -0.2) is 0 Å². The Bertz CT molecular complexity index is 892. The minimum atomic E-state index is -0.203. The number of likely N-dealkylation sites (N-methyl/N-ethyl adjacent to an activating group) is 1. The summed E-state index contributed by atoms with van der Waals surface area (Å²) < 4.78 is 11.4. The number of hydrogen-bond acceptors (Lipinski definition) is 5. The number of furan rings is 1. The molecule has 2 aliphatic rings. The third-order valence-corrected chi connectivity index (χ3v) is 5.37. The predicted octanol–water partition coefficient (Wildman–Crippen LogP) is 0.998. The maximum absolute atomic E-state index is 12.7. The van der Waals surface area contributed by atoms with E-state index in [0.717, 1.165) is 38.5 Å². The maximum atomic E-state index is 12.7. The minimum Gasteiger partial charge on any atom is -0.872 e. The summed E-state index contributed by atoms with van der Waals surface area (Å²) in [6.07, 6.45) is 1.59. The van der Waals surface area contributed by atoms with Crippen LogP contribution in [0.5, 0.6) is 11.5 Å². The lowest BCUT2D eigenvalue weighted by molar-refractivity contribution is -0.918. The lowest BCUT2D eigenvalue weighted by atomic mass is 10.0. The van der Waals surface area contributed by atoms with Crippen molar-refractivity contribution in [3.05, 3.63) is 52.7 Å². The first-order chi connectivity index (χ1) is 13.0. The molecule has 0 bridgehead atoms. The average Bonchev–Trinajstić information content (AvgIpc) is 3.22. The van der Waals surface area contributed by atoms with E-state index in [1.54, 1.807) is 18.2 Å². The summed E-state index contributed by atoms with van der Waals surface area (Å²) in [6.45, 7) is 9.67. The number of nitrogens with one attached hydrogen (secondary N) is 1. The van der Waals surface area contributed by atoms with E-state index >= 15 is 0 Å². The van der Waals surface area contributed by atoms with Gasteiger partial charge >= 0.3 is 0 Å². The smallest absolute Gasteiger partial charge is 0.232 e. The van der Waals surface area contributed by atoms with Gasteiger partial charge in [0.05, 0.1) is 18.7 Å². The largest absolute Gasteiger partial charge is 0.872 e. The van der Waals surface area contributed by atoms with Crippen molar-refractivity contribution in [2.24, 2.45) is 0 Å². The zero-order chi connectivity index (χ0) is 19.0. The normalized spacial score (nSPS) is 19.5. The molecule has 1 saturated heterocycles. The highest BCUT2D eigenvalue weighted by atomic mass is 16.5. The number of nitrogens with zero attached hydrogens (tertiary/aromatic N) is 1. The molecule has 2 aromatic rings. The van der Waals surface area contributed by atoms with Gasteiger partial charge in [0.15, 0.2) is 5.76 Å². The van der Waals surface area contributed by atoms with Gasteiger partial charge in [0.2, 0.25) is 5.78 Å². The summed E-state index contributed by atoms with van der Waals surface area (Å²) in [5, 5.41) is 12.5. The molecule has 1 fully saturated rings. The molecule has 0 radical (unpaired) electrons. The van der Waals surface area contributed by atoms with Crippen LogP contribution in [0.3, 0.4) is 0 Å². The number of Topliss-reactive ketones (excluding diaryl/α,β-unsaturated/α-hetero) is 1. The molecule has 0 atom stereocenters. The van der Waals surface area contributed by atoms with Crippen LogP contribution in [-0.2, 0) is 6.54 Å². The molecule has 0 unspecified atom stereocenters. The van der Waals surface area contributed by atoms with Gasteiger partial charge in [0.25, 0.3) is 0 Å². The predicted molar refractivity (Wildman–Crippen MR) is 98.8 cm³/mol. The molecule has 0 aliphatic carbocycles. The van der Waals surface area contributed by atoms with Crippen LogP contribution >= 0.6 is 0 Å². The van der Waals surface area contributed by atoms with Gasteiger partial charge in [-0.1, -0.05) is 18.7 Å². The fraction of sp³-hybridized carbons (Fsp3) is 0.381. The summed E-state index contributed by atoms with van der Waals surface area (Å²) in [5.41, 5.74) is 1.06. The van der Waals surface area contributed by atoms with E-state index in [1.807, 2.05) is 13.0 Å². The molecular weight excluding hydrogens is 344 g/mol. The molecule has 1 aromatic carbocycles. The number of allylic oxidation sites excluding steroid dienone is 1. The topological polar surface area (TPSA) is 70.2 Å². The Balaban J connectivity index is 1.58. The Labute approximate surface area is 158 Å². The van der Waals surface area contributed by atoms with Crippen molar-refractivity contribution in [2.75, 3.05) is 32.7 Å². The number of fused-ring (bicyclic) bond motifs is 1. The van der Waals surface area contributed by atoms with Gasteiger partial charge in [-0.2, -0.15) is 0 Å². The average molecular weight is 368 g/mol. The molecule has 27 heavy (non-hydrogen) atoms. The highest BCUT2D eigenvalue weighted by Crippen LogP contribution is 2.38. The van der Waals surface area contributed by atoms with E-state index < -0.39 is 0 Å². The molecule has 1 N–H and O–H groups in total. The van der Waals surface area contributed by atoms with Gasteiger partial charge < -0.3 is 19.2 Å². The number of rotatable bonds is 4. The number of benzene rings is 1. The molecule has 2 aliphatic heterocycles. The molecule has 0 saturated carbocycles. The lowest BCUT2D eigenvalue weighted by Gasteiger charge is -2.32. The summed E-state index contributed by atoms with van der Waals surface area (Å²) in [6, 6.07) is 6.68. The van der Waals surface area contributed by atoms with Crippen LogP contribution in [-0.4, -0.2) is 43.4 Å². The maximum Gasteiger partial charge on any atom is 0.232 e. The third kappa shape index (κ3) is 3.50. The van der Waals surface area contributed by atoms with E-state index in [-0.39, 0.29) is 17.3 Å². The lowest BCUT2D eigenvalue weighted by Crippen LogP contribution is -3.13. The standard InChI is InChI=1S/C21H24N2O4/c1-3-22-8-10-23(11-9-22)13-17-18(24)7-6-16-20(25)19(27-21(16)17)12-15-5-4-14(2)26-15/h4-7,12,24H,3,8-11,13H2,1-2H3/b19-12-. The SMILES string of the molecule is CCN1CC[NH+](Cc2c([O-])ccc3c2O/C(=C\c2ccc(C)o2)C3=O)CC1. The van der Waals surface area contributed by atoms with Crippen LogP contribution in [0.2, 0.25) is 0 Å². The molecule has 0 amide bonds. The first kappa shape index (κ1) is 17.8. The van der Waals surface area contributed by atoms with Gasteiger partial charge in [-0.05, 0) is 31.7 Å². The Morgan fingerprint density at radius 2 is 2.00 bits per heavy atom. The quantitative estimate of drug-likeness (QED) is 0.816. The van der Waals surface area contributed by atoms with Crippen LogP contribution in [0.4, 0.5) is 0 Å². The highest BCUT2D eigenvalue weighted by Gasteiger charge is 2.31. The Kier molecular flexibility index (Phi) is 4.76.